The zero-order chi connectivity index (χ0) is 23.3. The van der Waals surface area contributed by atoms with Gasteiger partial charge in [0.1, 0.15) is 5.75 Å². The van der Waals surface area contributed by atoms with Crippen LogP contribution in [0, 0.1) is 5.92 Å². The van der Waals surface area contributed by atoms with Crippen LogP contribution in [-0.2, 0) is 4.79 Å². The van der Waals surface area contributed by atoms with Crippen molar-refractivity contribution in [3.05, 3.63) is 40.1 Å². The Balaban J connectivity index is 1.77. The molecular formula is C23H29IN4O4. The number of aromatic nitrogens is 2. The molecule has 1 aliphatic carbocycles. The van der Waals surface area contributed by atoms with E-state index in [-0.39, 0.29) is 24.0 Å². The highest BCUT2D eigenvalue weighted by Gasteiger charge is 2.22. The molecule has 8 nitrogen and oxygen atoms in total. The maximum Gasteiger partial charge on any atom is 0.261 e. The second-order valence-corrected chi connectivity index (χ2v) is 9.35. The predicted octanol–water partition coefficient (Wildman–Crippen LogP) is 4.82. The highest BCUT2D eigenvalue weighted by molar-refractivity contribution is 14.1. The number of anilines is 1. The smallest absolute Gasteiger partial charge is 0.261 e. The molecule has 1 aromatic carbocycles. The van der Waals surface area contributed by atoms with Gasteiger partial charge in [-0.1, -0.05) is 25.1 Å². The topological polar surface area (TPSA) is 109 Å². The van der Waals surface area contributed by atoms with E-state index >= 15 is 0 Å². The zero-order valence-electron chi connectivity index (χ0n) is 18.5. The highest BCUT2D eigenvalue weighted by atomic mass is 127. The number of methoxy groups -OCH3 is 1. The summed E-state index contributed by atoms with van der Waals surface area (Å²) >= 11 is 1.97. The zero-order valence-corrected chi connectivity index (χ0v) is 20.6. The molecule has 0 radical (unpaired) electrons. The Morgan fingerprint density at radius 2 is 2.06 bits per heavy atom. The molecule has 9 heteroatoms. The van der Waals surface area contributed by atoms with Crippen LogP contribution in [0.15, 0.2) is 45.3 Å². The third-order valence-corrected chi connectivity index (χ3v) is 6.41. The number of ether oxygens (including phenoxy) is 1. The molecule has 0 saturated heterocycles. The number of nitrogens with one attached hydrogen (secondary N) is 1. The number of hydrogen-bond acceptors (Lipinski definition) is 6. The van der Waals surface area contributed by atoms with Crippen LogP contribution in [0.3, 0.4) is 0 Å². The number of carbonyl (C=O) groups excluding carboxylic acids is 1. The SMILES string of the molecule is COc1cc2nn([C@H]3CC[C@@H](O)CC3)cc2cc1NC(=O)/C(I)=C/C=C\C(=N\O)C(C)C. The molecule has 1 amide bonds. The molecule has 172 valence electrons. The van der Waals surface area contributed by atoms with Crippen molar-refractivity contribution in [3.8, 4) is 5.75 Å². The summed E-state index contributed by atoms with van der Waals surface area (Å²) in [5, 5.41) is 30.5. The van der Waals surface area contributed by atoms with Crippen molar-refractivity contribution in [2.24, 2.45) is 11.1 Å². The molecule has 0 unspecified atom stereocenters. The number of fused-ring (bicyclic) bond motifs is 1. The van der Waals surface area contributed by atoms with E-state index in [0.29, 0.717) is 20.7 Å². The molecular weight excluding hydrogens is 523 g/mol. The average molecular weight is 552 g/mol. The van der Waals surface area contributed by atoms with Crippen molar-refractivity contribution in [1.82, 2.24) is 9.78 Å². The number of halogens is 1. The number of hydrogen-bond donors (Lipinski definition) is 3. The number of aliphatic hydroxyl groups is 1. The molecule has 0 bridgehead atoms. The maximum atomic E-state index is 12.7. The lowest BCUT2D eigenvalue weighted by molar-refractivity contribution is -0.112. The van der Waals surface area contributed by atoms with Gasteiger partial charge in [-0.2, -0.15) is 5.10 Å². The number of oxime groups is 1. The van der Waals surface area contributed by atoms with Gasteiger partial charge in [0.25, 0.3) is 5.91 Å². The van der Waals surface area contributed by atoms with Gasteiger partial charge in [0, 0.05) is 17.6 Å². The van der Waals surface area contributed by atoms with Crippen LogP contribution in [0.1, 0.15) is 45.6 Å². The fourth-order valence-corrected chi connectivity index (χ4v) is 4.02. The van der Waals surface area contributed by atoms with Crippen LogP contribution in [0.5, 0.6) is 5.75 Å². The third-order valence-electron chi connectivity index (χ3n) is 5.57. The largest absolute Gasteiger partial charge is 0.494 e. The summed E-state index contributed by atoms with van der Waals surface area (Å²) in [6, 6.07) is 3.95. The molecule has 0 atom stereocenters. The van der Waals surface area contributed by atoms with Crippen molar-refractivity contribution in [2.75, 3.05) is 12.4 Å². The molecule has 32 heavy (non-hydrogen) atoms. The van der Waals surface area contributed by atoms with Gasteiger partial charge in [0.05, 0.1) is 39.8 Å². The Morgan fingerprint density at radius 3 is 2.69 bits per heavy atom. The standard InChI is InChI=1S/C23H29IN4O4/c1-14(2)19(27-31)6-4-5-18(24)23(30)25-21-11-15-13-28(16-7-9-17(29)10-8-16)26-20(15)12-22(21)32-3/h4-6,11-14,16-17,29,31H,7-10H2,1-3H3,(H,25,30)/b6-4-,18-5-,27-19-/t16-,17+. The van der Waals surface area contributed by atoms with Gasteiger partial charge in [0.2, 0.25) is 0 Å². The van der Waals surface area contributed by atoms with Crippen LogP contribution < -0.4 is 10.1 Å². The highest BCUT2D eigenvalue weighted by Crippen LogP contribution is 2.33. The van der Waals surface area contributed by atoms with Crippen molar-refractivity contribution < 1.29 is 19.8 Å². The van der Waals surface area contributed by atoms with Gasteiger partial charge < -0.3 is 20.4 Å². The monoisotopic (exact) mass is 552 g/mol. The fourth-order valence-electron chi connectivity index (χ4n) is 3.68. The summed E-state index contributed by atoms with van der Waals surface area (Å²) in [5.41, 5.74) is 1.89. The lowest BCUT2D eigenvalue weighted by Gasteiger charge is -2.25. The number of benzene rings is 1. The minimum atomic E-state index is -0.270. The van der Waals surface area contributed by atoms with Crippen molar-refractivity contribution >= 4 is 50.8 Å². The number of carbonyl (C=O) groups is 1. The van der Waals surface area contributed by atoms with Crippen LogP contribution in [0.25, 0.3) is 10.9 Å². The van der Waals surface area contributed by atoms with Gasteiger partial charge in [-0.25, -0.2) is 0 Å². The first kappa shape index (κ1) is 24.2. The van der Waals surface area contributed by atoms with Gasteiger partial charge in [0.15, 0.2) is 0 Å². The molecule has 2 aromatic rings. The fraction of sp³-hybridized carbons (Fsp3) is 0.435. The van der Waals surface area contributed by atoms with E-state index in [0.717, 1.165) is 36.6 Å². The molecule has 1 aliphatic rings. The van der Waals surface area contributed by atoms with Crippen molar-refractivity contribution in [1.29, 1.82) is 0 Å². The van der Waals surface area contributed by atoms with Crippen LogP contribution in [0.2, 0.25) is 0 Å². The predicted molar refractivity (Wildman–Crippen MR) is 134 cm³/mol. The van der Waals surface area contributed by atoms with Crippen LogP contribution in [-0.4, -0.2) is 44.9 Å². The summed E-state index contributed by atoms with van der Waals surface area (Å²) in [5.74, 6) is 0.338. The second-order valence-electron chi connectivity index (χ2n) is 8.19. The van der Waals surface area contributed by atoms with Gasteiger partial charge in [-0.3, -0.25) is 9.48 Å². The Labute approximate surface area is 201 Å². The minimum Gasteiger partial charge on any atom is -0.494 e. The van der Waals surface area contributed by atoms with Crippen LogP contribution in [0.4, 0.5) is 5.69 Å². The minimum absolute atomic E-state index is 0.0757. The van der Waals surface area contributed by atoms with E-state index in [2.05, 4.69) is 10.5 Å². The Hall–Kier alpha value is -2.40. The maximum absolute atomic E-state index is 12.7. The molecule has 3 N–H and O–H groups in total. The number of aliphatic hydroxyl groups excluding tert-OH is 1. The molecule has 1 heterocycles. The average Bonchev–Trinajstić information content (AvgIpc) is 3.18. The van der Waals surface area contributed by atoms with Gasteiger partial charge in [-0.15, -0.1) is 0 Å². The van der Waals surface area contributed by atoms with Crippen molar-refractivity contribution in [3.63, 3.8) is 0 Å². The summed E-state index contributed by atoms with van der Waals surface area (Å²) in [4.78, 5) is 12.7. The Bertz CT molecular complexity index is 1050. The number of allylic oxidation sites excluding steroid dienone is 3. The Kier molecular flexibility index (Phi) is 8.30. The first-order chi connectivity index (χ1) is 15.3. The number of rotatable bonds is 7. The van der Waals surface area contributed by atoms with E-state index in [1.165, 1.54) is 0 Å². The molecule has 1 fully saturated rings. The number of nitrogens with zero attached hydrogens (tertiary/aromatic N) is 3. The lowest BCUT2D eigenvalue weighted by atomic mass is 9.93. The van der Waals surface area contributed by atoms with E-state index in [4.69, 9.17) is 15.0 Å². The van der Waals surface area contributed by atoms with Gasteiger partial charge >= 0.3 is 0 Å². The third kappa shape index (κ3) is 5.89. The molecule has 1 saturated carbocycles. The number of amides is 1. The van der Waals surface area contributed by atoms with Crippen LogP contribution >= 0.6 is 22.6 Å². The summed E-state index contributed by atoms with van der Waals surface area (Å²) in [6.45, 7) is 3.84. The summed E-state index contributed by atoms with van der Waals surface area (Å²) in [6.07, 6.45) is 10.1. The molecule has 0 aliphatic heterocycles. The van der Waals surface area contributed by atoms with E-state index in [1.807, 2.05) is 59.4 Å². The molecule has 1 aromatic heterocycles. The Morgan fingerprint density at radius 1 is 1.34 bits per heavy atom. The quantitative estimate of drug-likeness (QED) is 0.114. The van der Waals surface area contributed by atoms with Gasteiger partial charge in [-0.05, 0) is 72.4 Å². The molecule has 3 rings (SSSR count). The van der Waals surface area contributed by atoms with E-state index in [9.17, 15) is 9.90 Å². The summed E-state index contributed by atoms with van der Waals surface area (Å²) < 4.78 is 7.91. The lowest BCUT2D eigenvalue weighted by Crippen LogP contribution is -2.21. The molecule has 0 spiro atoms. The van der Waals surface area contributed by atoms with E-state index in [1.54, 1.807) is 25.3 Å². The normalized spacial score (nSPS) is 20.3. The first-order valence-electron chi connectivity index (χ1n) is 10.6. The van der Waals surface area contributed by atoms with Crippen molar-refractivity contribution in [2.45, 2.75) is 51.7 Å². The second kappa shape index (κ2) is 11.0. The van der Waals surface area contributed by atoms with E-state index < -0.39 is 0 Å². The first-order valence-corrected chi connectivity index (χ1v) is 11.7. The summed E-state index contributed by atoms with van der Waals surface area (Å²) in [7, 11) is 1.56.